The molecule has 9 heteroatoms. The van der Waals surface area contributed by atoms with Gasteiger partial charge < -0.3 is 15.4 Å². The molecule has 29 heavy (non-hydrogen) atoms. The van der Waals surface area contributed by atoms with Crippen LogP contribution in [0.2, 0.25) is 0 Å². The number of non-ortho nitro benzene ring substituents is 1. The van der Waals surface area contributed by atoms with Crippen molar-refractivity contribution in [3.8, 4) is 0 Å². The number of rotatable bonds is 10. The van der Waals surface area contributed by atoms with Crippen LogP contribution in [0.25, 0.3) is 0 Å². The summed E-state index contributed by atoms with van der Waals surface area (Å²) in [5.74, 6) is 0.401. The van der Waals surface area contributed by atoms with Crippen LogP contribution in [0.3, 0.4) is 0 Å². The first-order valence-electron chi connectivity index (χ1n) is 9.07. The molecular weight excluding hydrogens is 490 g/mol. The van der Waals surface area contributed by atoms with Gasteiger partial charge in [-0.15, -0.1) is 24.0 Å². The Balaban J connectivity index is 0.00000420. The first-order chi connectivity index (χ1) is 13.6. The number of methoxy groups -OCH3 is 1. The smallest absolute Gasteiger partial charge is 0.269 e. The zero-order valence-corrected chi connectivity index (χ0v) is 18.6. The zero-order valence-electron chi connectivity index (χ0n) is 16.3. The van der Waals surface area contributed by atoms with E-state index in [4.69, 9.17) is 4.74 Å². The number of guanidine groups is 1. The maximum absolute atomic E-state index is 13.0. The number of nitrogens with zero attached hydrogens (tertiary/aromatic N) is 2. The number of benzene rings is 2. The van der Waals surface area contributed by atoms with Crippen LogP contribution >= 0.6 is 24.0 Å². The molecule has 0 heterocycles. The molecule has 2 aromatic rings. The molecule has 0 bridgehead atoms. The summed E-state index contributed by atoms with van der Waals surface area (Å²) in [7, 11) is 1.66. The molecule has 7 nitrogen and oxygen atoms in total. The Labute approximate surface area is 186 Å². The van der Waals surface area contributed by atoms with Crippen molar-refractivity contribution in [2.24, 2.45) is 4.99 Å². The number of hydrogen-bond acceptors (Lipinski definition) is 4. The van der Waals surface area contributed by atoms with E-state index in [1.165, 1.54) is 24.3 Å². The molecule has 0 saturated carbocycles. The minimum Gasteiger partial charge on any atom is -0.385 e. The van der Waals surface area contributed by atoms with Crippen molar-refractivity contribution in [1.82, 2.24) is 10.6 Å². The van der Waals surface area contributed by atoms with Crippen molar-refractivity contribution < 1.29 is 14.1 Å². The number of nitro benzene ring substituents is 1. The molecule has 0 aromatic heterocycles. The predicted molar refractivity (Wildman–Crippen MR) is 122 cm³/mol. The maximum atomic E-state index is 13.0. The Hall–Kier alpha value is -2.27. The maximum Gasteiger partial charge on any atom is 0.269 e. The predicted octanol–water partition coefficient (Wildman–Crippen LogP) is 3.67. The quantitative estimate of drug-likeness (QED) is 0.126. The third-order valence-electron chi connectivity index (χ3n) is 4.00. The highest BCUT2D eigenvalue weighted by Crippen LogP contribution is 2.12. The van der Waals surface area contributed by atoms with Crippen LogP contribution in [0.1, 0.15) is 17.5 Å². The van der Waals surface area contributed by atoms with E-state index >= 15 is 0 Å². The van der Waals surface area contributed by atoms with Gasteiger partial charge in [0, 0.05) is 38.9 Å². The van der Waals surface area contributed by atoms with E-state index in [0.717, 1.165) is 24.0 Å². The highest BCUT2D eigenvalue weighted by atomic mass is 127. The number of halogens is 2. The van der Waals surface area contributed by atoms with Gasteiger partial charge in [0.1, 0.15) is 5.82 Å². The van der Waals surface area contributed by atoms with Crippen molar-refractivity contribution in [3.05, 3.63) is 75.6 Å². The summed E-state index contributed by atoms with van der Waals surface area (Å²) >= 11 is 0. The second kappa shape index (κ2) is 13.8. The molecule has 0 aliphatic heterocycles. The summed E-state index contributed by atoms with van der Waals surface area (Å²) in [5, 5.41) is 17.2. The fraction of sp³-hybridized carbons (Fsp3) is 0.350. The van der Waals surface area contributed by atoms with E-state index in [2.05, 4.69) is 15.6 Å². The first kappa shape index (κ1) is 24.8. The van der Waals surface area contributed by atoms with E-state index < -0.39 is 4.92 Å². The summed E-state index contributed by atoms with van der Waals surface area (Å²) in [4.78, 5) is 14.8. The zero-order chi connectivity index (χ0) is 20.2. The lowest BCUT2D eigenvalue weighted by atomic mass is 10.1. The number of aliphatic imine (C=N–C) groups is 1. The van der Waals surface area contributed by atoms with Gasteiger partial charge in [-0.25, -0.2) is 9.38 Å². The largest absolute Gasteiger partial charge is 0.385 e. The van der Waals surface area contributed by atoms with Gasteiger partial charge in [-0.1, -0.05) is 24.3 Å². The monoisotopic (exact) mass is 516 g/mol. The molecule has 2 rings (SSSR count). The van der Waals surface area contributed by atoms with Gasteiger partial charge >= 0.3 is 0 Å². The van der Waals surface area contributed by atoms with Gasteiger partial charge in [-0.2, -0.15) is 0 Å². The van der Waals surface area contributed by atoms with Gasteiger partial charge in [0.15, 0.2) is 5.96 Å². The lowest BCUT2D eigenvalue weighted by molar-refractivity contribution is -0.384. The molecule has 0 aliphatic carbocycles. The summed E-state index contributed by atoms with van der Waals surface area (Å²) in [6.07, 6.45) is 1.57. The molecular formula is C20H26FIN4O3. The first-order valence-corrected chi connectivity index (χ1v) is 9.07. The van der Waals surface area contributed by atoms with Crippen LogP contribution < -0.4 is 10.6 Å². The summed E-state index contributed by atoms with van der Waals surface area (Å²) in [6.45, 7) is 2.39. The third-order valence-corrected chi connectivity index (χ3v) is 4.00. The van der Waals surface area contributed by atoms with E-state index in [-0.39, 0.29) is 35.5 Å². The molecule has 2 N–H and O–H groups in total. The highest BCUT2D eigenvalue weighted by molar-refractivity contribution is 14.0. The number of ether oxygens (including phenoxy) is 1. The Morgan fingerprint density at radius 3 is 2.31 bits per heavy atom. The molecule has 0 radical (unpaired) electrons. The lowest BCUT2D eigenvalue weighted by Crippen LogP contribution is -2.39. The second-order valence-corrected chi connectivity index (χ2v) is 6.16. The SMILES string of the molecule is COCCCNC(=NCc1ccc([N+](=O)[O-])cc1)NCCc1ccc(F)cc1.I. The van der Waals surface area contributed by atoms with Crippen LogP contribution in [-0.4, -0.2) is 37.7 Å². The number of nitrogens with one attached hydrogen (secondary N) is 2. The van der Waals surface area contributed by atoms with Gasteiger partial charge in [0.05, 0.1) is 11.5 Å². The van der Waals surface area contributed by atoms with Gasteiger partial charge in [-0.05, 0) is 36.1 Å². The van der Waals surface area contributed by atoms with Gasteiger partial charge in [0.2, 0.25) is 0 Å². The van der Waals surface area contributed by atoms with Crippen molar-refractivity contribution in [3.63, 3.8) is 0 Å². The molecule has 0 atom stereocenters. The van der Waals surface area contributed by atoms with Crippen LogP contribution in [0, 0.1) is 15.9 Å². The Bertz CT molecular complexity index is 770. The average molecular weight is 516 g/mol. The van der Waals surface area contributed by atoms with Crippen LogP contribution in [0.5, 0.6) is 0 Å². The average Bonchev–Trinajstić information content (AvgIpc) is 2.70. The van der Waals surface area contributed by atoms with E-state index in [1.807, 2.05) is 0 Å². The van der Waals surface area contributed by atoms with E-state index in [9.17, 15) is 14.5 Å². The molecule has 158 valence electrons. The van der Waals surface area contributed by atoms with Crippen molar-refractivity contribution >= 4 is 35.6 Å². The summed E-state index contributed by atoms with van der Waals surface area (Å²) in [6, 6.07) is 12.7. The molecule has 0 amide bonds. The third kappa shape index (κ3) is 9.66. The van der Waals surface area contributed by atoms with Crippen LogP contribution in [0.15, 0.2) is 53.5 Å². The minimum absolute atomic E-state index is 0. The number of nitro groups is 1. The fourth-order valence-electron chi connectivity index (χ4n) is 2.47. The molecule has 0 spiro atoms. The molecule has 2 aromatic carbocycles. The van der Waals surface area contributed by atoms with E-state index in [0.29, 0.717) is 32.2 Å². The van der Waals surface area contributed by atoms with Crippen molar-refractivity contribution in [2.75, 3.05) is 26.8 Å². The Morgan fingerprint density at radius 2 is 1.69 bits per heavy atom. The molecule has 0 fully saturated rings. The fourth-order valence-corrected chi connectivity index (χ4v) is 2.47. The standard InChI is InChI=1S/C20H25FN4O3.HI/c1-28-14-2-12-22-20(23-13-11-16-3-7-18(21)8-4-16)24-15-17-5-9-19(10-6-17)25(26)27;/h3-10H,2,11-15H2,1H3,(H2,22,23,24);1H. The van der Waals surface area contributed by atoms with Crippen molar-refractivity contribution in [1.29, 1.82) is 0 Å². The van der Waals surface area contributed by atoms with Crippen LogP contribution in [-0.2, 0) is 17.7 Å². The second-order valence-electron chi connectivity index (χ2n) is 6.16. The highest BCUT2D eigenvalue weighted by Gasteiger charge is 2.04. The normalized spacial score (nSPS) is 10.9. The summed E-state index contributed by atoms with van der Waals surface area (Å²) in [5.41, 5.74) is 1.97. The topological polar surface area (TPSA) is 88.8 Å². The number of hydrogen-bond donors (Lipinski definition) is 2. The molecule has 0 aliphatic rings. The van der Waals surface area contributed by atoms with Gasteiger partial charge in [-0.3, -0.25) is 10.1 Å². The van der Waals surface area contributed by atoms with Gasteiger partial charge in [0.25, 0.3) is 5.69 Å². The van der Waals surface area contributed by atoms with Crippen LogP contribution in [0.4, 0.5) is 10.1 Å². The molecule has 0 saturated heterocycles. The Kier molecular flexibility index (Phi) is 11.8. The summed E-state index contributed by atoms with van der Waals surface area (Å²) < 4.78 is 18.0. The Morgan fingerprint density at radius 1 is 1.07 bits per heavy atom. The van der Waals surface area contributed by atoms with E-state index in [1.54, 1.807) is 31.4 Å². The lowest BCUT2D eigenvalue weighted by Gasteiger charge is -2.13. The van der Waals surface area contributed by atoms with Crippen molar-refractivity contribution in [2.45, 2.75) is 19.4 Å². The molecule has 0 unspecified atom stereocenters. The minimum atomic E-state index is -0.424.